The van der Waals surface area contributed by atoms with Crippen LogP contribution in [0.1, 0.15) is 28.5 Å². The van der Waals surface area contributed by atoms with Crippen LogP contribution in [0.25, 0.3) is 0 Å². The summed E-state index contributed by atoms with van der Waals surface area (Å²) in [4.78, 5) is 29.9. The third-order valence-electron chi connectivity index (χ3n) is 4.59. The predicted molar refractivity (Wildman–Crippen MR) is 106 cm³/mol. The average Bonchev–Trinajstić information content (AvgIpc) is 3.05. The van der Waals surface area contributed by atoms with E-state index in [1.807, 2.05) is 0 Å². The number of benzene rings is 1. The van der Waals surface area contributed by atoms with E-state index in [2.05, 4.69) is 10.1 Å². The third kappa shape index (κ3) is 4.00. The van der Waals surface area contributed by atoms with Crippen LogP contribution in [0.2, 0.25) is 0 Å². The molecule has 4 rings (SSSR count). The zero-order valence-electron chi connectivity index (χ0n) is 16.4. The summed E-state index contributed by atoms with van der Waals surface area (Å²) in [6, 6.07) is 11.5. The molecule has 154 valence electrons. The van der Waals surface area contributed by atoms with E-state index in [1.165, 1.54) is 41.9 Å². The first-order valence-corrected chi connectivity index (χ1v) is 9.28. The van der Waals surface area contributed by atoms with Crippen molar-refractivity contribution in [2.45, 2.75) is 26.4 Å². The van der Waals surface area contributed by atoms with Crippen LogP contribution in [0.15, 0.2) is 53.5 Å². The first kappa shape index (κ1) is 19.6. The first-order chi connectivity index (χ1) is 14.4. The summed E-state index contributed by atoms with van der Waals surface area (Å²) in [6.45, 7) is 1.85. The number of fused-ring (bicyclic) bond motifs is 1. The lowest BCUT2D eigenvalue weighted by Crippen LogP contribution is -2.28. The molecule has 1 unspecified atom stereocenters. The minimum atomic E-state index is -1.40. The Balaban J connectivity index is 1.45. The van der Waals surface area contributed by atoms with E-state index in [9.17, 15) is 14.0 Å². The summed E-state index contributed by atoms with van der Waals surface area (Å²) >= 11 is 0. The van der Waals surface area contributed by atoms with Gasteiger partial charge in [-0.15, -0.1) is 0 Å². The molecule has 0 N–H and O–H groups in total. The molecule has 0 spiro atoms. The normalized spacial score (nSPS) is 13.8. The van der Waals surface area contributed by atoms with Crippen molar-refractivity contribution in [1.29, 1.82) is 0 Å². The molecule has 0 radical (unpaired) electrons. The fourth-order valence-electron chi connectivity index (χ4n) is 3.12. The standard InChI is InChI=1S/C21H19FN4O4/c1-13(22)30-17-4-3-15(23-10-17)12-29-16-5-6-18-14(9-16)11-26(21(18)28)19-7-8-20(27)25(2)24-19/h3-10,13H,11-12H2,1-2H3. The van der Waals surface area contributed by atoms with Gasteiger partial charge in [-0.3, -0.25) is 19.5 Å². The minimum absolute atomic E-state index is 0.179. The highest BCUT2D eigenvalue weighted by Crippen LogP contribution is 2.29. The number of pyridine rings is 1. The summed E-state index contributed by atoms with van der Waals surface area (Å²) in [5, 5.41) is 4.15. The Morgan fingerprint density at radius 2 is 1.93 bits per heavy atom. The Labute approximate surface area is 171 Å². The van der Waals surface area contributed by atoms with Crippen molar-refractivity contribution in [3.63, 3.8) is 0 Å². The summed E-state index contributed by atoms with van der Waals surface area (Å²) in [6.07, 6.45) is 0.0345. The average molecular weight is 410 g/mol. The molecule has 9 heteroatoms. The van der Waals surface area contributed by atoms with Gasteiger partial charge in [-0.25, -0.2) is 9.07 Å². The Morgan fingerprint density at radius 1 is 1.13 bits per heavy atom. The van der Waals surface area contributed by atoms with Gasteiger partial charge >= 0.3 is 0 Å². The molecule has 0 bridgehead atoms. The van der Waals surface area contributed by atoms with Crippen LogP contribution in [-0.4, -0.2) is 27.0 Å². The minimum Gasteiger partial charge on any atom is -0.487 e. The van der Waals surface area contributed by atoms with Gasteiger partial charge in [-0.05, 0) is 42.0 Å². The molecule has 0 aliphatic carbocycles. The van der Waals surface area contributed by atoms with E-state index >= 15 is 0 Å². The van der Waals surface area contributed by atoms with Crippen molar-refractivity contribution in [2.24, 2.45) is 7.05 Å². The maximum Gasteiger partial charge on any atom is 0.266 e. The molecule has 1 aromatic carbocycles. The number of halogens is 1. The van der Waals surface area contributed by atoms with Gasteiger partial charge in [-0.1, -0.05) is 0 Å². The van der Waals surface area contributed by atoms with E-state index < -0.39 is 6.36 Å². The zero-order valence-corrected chi connectivity index (χ0v) is 16.4. The van der Waals surface area contributed by atoms with Crippen LogP contribution < -0.4 is 19.9 Å². The maximum absolute atomic E-state index is 12.8. The van der Waals surface area contributed by atoms with Gasteiger partial charge in [-0.2, -0.15) is 5.10 Å². The SMILES string of the molecule is CC(F)Oc1ccc(COc2ccc3c(c2)CN(c2ccc(=O)n(C)n2)C3=O)nc1. The number of amides is 1. The second-order valence-electron chi connectivity index (χ2n) is 6.80. The van der Waals surface area contributed by atoms with Crippen LogP contribution in [-0.2, 0) is 20.2 Å². The molecule has 0 fully saturated rings. The van der Waals surface area contributed by atoms with Crippen LogP contribution in [0.3, 0.4) is 0 Å². The number of hydrogen-bond donors (Lipinski definition) is 0. The lowest BCUT2D eigenvalue weighted by molar-refractivity contribution is 0.0855. The largest absolute Gasteiger partial charge is 0.487 e. The number of aryl methyl sites for hydroxylation is 1. The number of carbonyl (C=O) groups excluding carboxylic acids is 1. The van der Waals surface area contributed by atoms with Gasteiger partial charge in [0.05, 0.1) is 18.4 Å². The van der Waals surface area contributed by atoms with Crippen molar-refractivity contribution < 1.29 is 18.7 Å². The molecule has 1 atom stereocenters. The second kappa shape index (κ2) is 7.94. The smallest absolute Gasteiger partial charge is 0.266 e. The van der Waals surface area contributed by atoms with Crippen molar-refractivity contribution in [2.75, 3.05) is 4.90 Å². The summed E-state index contributed by atoms with van der Waals surface area (Å²) in [5.41, 5.74) is 1.78. The number of hydrogen-bond acceptors (Lipinski definition) is 6. The fraction of sp³-hybridized carbons (Fsp3) is 0.238. The quantitative estimate of drug-likeness (QED) is 0.621. The van der Waals surface area contributed by atoms with E-state index in [4.69, 9.17) is 9.47 Å². The summed E-state index contributed by atoms with van der Waals surface area (Å²) in [7, 11) is 1.54. The van der Waals surface area contributed by atoms with Crippen molar-refractivity contribution >= 4 is 11.7 Å². The molecule has 1 amide bonds. The van der Waals surface area contributed by atoms with Crippen LogP contribution >= 0.6 is 0 Å². The Bertz CT molecular complexity index is 1140. The third-order valence-corrected chi connectivity index (χ3v) is 4.59. The molecule has 0 saturated heterocycles. The number of aromatic nitrogens is 3. The highest BCUT2D eigenvalue weighted by molar-refractivity contribution is 6.09. The lowest BCUT2D eigenvalue weighted by atomic mass is 10.1. The molecule has 3 heterocycles. The van der Waals surface area contributed by atoms with Gasteiger partial charge in [0.25, 0.3) is 11.5 Å². The fourth-order valence-corrected chi connectivity index (χ4v) is 3.12. The number of carbonyl (C=O) groups is 1. The highest BCUT2D eigenvalue weighted by Gasteiger charge is 2.30. The van der Waals surface area contributed by atoms with Crippen molar-refractivity contribution in [3.05, 3.63) is 75.8 Å². The predicted octanol–water partition coefficient (Wildman–Crippen LogP) is 2.61. The summed E-state index contributed by atoms with van der Waals surface area (Å²) in [5.74, 6) is 1.17. The van der Waals surface area contributed by atoms with E-state index in [1.54, 1.807) is 30.3 Å². The molecular weight excluding hydrogens is 391 g/mol. The van der Waals surface area contributed by atoms with E-state index in [0.29, 0.717) is 35.1 Å². The number of anilines is 1. The number of alkyl halides is 1. The number of ether oxygens (including phenoxy) is 2. The van der Waals surface area contributed by atoms with Crippen LogP contribution in [0, 0.1) is 0 Å². The zero-order chi connectivity index (χ0) is 21.3. The molecule has 1 aliphatic rings. The molecule has 8 nitrogen and oxygen atoms in total. The van der Waals surface area contributed by atoms with Gasteiger partial charge in [0.15, 0.2) is 5.82 Å². The molecular formula is C21H19FN4O4. The number of rotatable bonds is 6. The lowest BCUT2D eigenvalue weighted by Gasteiger charge is -2.14. The van der Waals surface area contributed by atoms with Gasteiger partial charge in [0.1, 0.15) is 18.1 Å². The molecule has 30 heavy (non-hydrogen) atoms. The first-order valence-electron chi connectivity index (χ1n) is 9.28. The molecule has 1 aliphatic heterocycles. The Hall–Kier alpha value is -3.75. The van der Waals surface area contributed by atoms with E-state index in [-0.39, 0.29) is 18.1 Å². The Morgan fingerprint density at radius 3 is 2.63 bits per heavy atom. The highest BCUT2D eigenvalue weighted by atomic mass is 19.1. The van der Waals surface area contributed by atoms with Crippen LogP contribution in [0.4, 0.5) is 10.2 Å². The van der Waals surface area contributed by atoms with E-state index in [0.717, 1.165) is 5.56 Å². The van der Waals surface area contributed by atoms with Crippen LogP contribution in [0.5, 0.6) is 11.5 Å². The Kier molecular flexibility index (Phi) is 5.18. The van der Waals surface area contributed by atoms with Gasteiger partial charge < -0.3 is 9.47 Å². The second-order valence-corrected chi connectivity index (χ2v) is 6.80. The monoisotopic (exact) mass is 410 g/mol. The number of nitrogens with zero attached hydrogens (tertiary/aromatic N) is 4. The molecule has 0 saturated carbocycles. The summed E-state index contributed by atoms with van der Waals surface area (Å²) < 4.78 is 24.7. The van der Waals surface area contributed by atoms with Gasteiger partial charge in [0.2, 0.25) is 6.36 Å². The van der Waals surface area contributed by atoms with Crippen molar-refractivity contribution in [1.82, 2.24) is 14.8 Å². The molecule has 3 aromatic rings. The molecule has 2 aromatic heterocycles. The van der Waals surface area contributed by atoms with Gasteiger partial charge in [0, 0.05) is 25.6 Å². The maximum atomic E-state index is 12.8. The van der Waals surface area contributed by atoms with Crippen molar-refractivity contribution in [3.8, 4) is 11.5 Å². The topological polar surface area (TPSA) is 86.5 Å².